The topological polar surface area (TPSA) is 64.6 Å². The summed E-state index contributed by atoms with van der Waals surface area (Å²) >= 11 is 0. The Morgan fingerprint density at radius 3 is 2.08 bits per heavy atom. The van der Waals surface area contributed by atoms with E-state index in [0.717, 1.165) is 24.0 Å². The van der Waals surface area contributed by atoms with Gasteiger partial charge in [-0.2, -0.15) is 0 Å². The molecule has 0 amide bonds. The van der Waals surface area contributed by atoms with Gasteiger partial charge in [-0.05, 0) is 36.1 Å². The molecule has 2 aromatic carbocycles. The Bertz CT molecular complexity index is 794. The summed E-state index contributed by atoms with van der Waals surface area (Å²) in [6, 6.07) is 10.5. The molecule has 24 heavy (non-hydrogen) atoms. The van der Waals surface area contributed by atoms with Crippen molar-refractivity contribution in [1.29, 1.82) is 0 Å². The van der Waals surface area contributed by atoms with Crippen molar-refractivity contribution in [2.45, 2.75) is 31.6 Å². The number of benzene rings is 2. The Balaban J connectivity index is 2.54. The van der Waals surface area contributed by atoms with E-state index in [4.69, 9.17) is 9.47 Å². The zero-order valence-electron chi connectivity index (χ0n) is 14.4. The van der Waals surface area contributed by atoms with Gasteiger partial charge in [-0.3, -0.25) is 4.72 Å². The van der Waals surface area contributed by atoms with Gasteiger partial charge < -0.3 is 9.47 Å². The van der Waals surface area contributed by atoms with Crippen LogP contribution in [0.1, 0.15) is 25.0 Å². The van der Waals surface area contributed by atoms with Gasteiger partial charge in [0.1, 0.15) is 16.4 Å². The first-order valence-electron chi connectivity index (χ1n) is 7.82. The van der Waals surface area contributed by atoms with Crippen LogP contribution in [-0.2, 0) is 22.9 Å². The molecule has 2 rings (SSSR count). The molecule has 0 saturated heterocycles. The number of aryl methyl sites for hydroxylation is 2. The molecule has 6 heteroatoms. The first kappa shape index (κ1) is 18.1. The lowest BCUT2D eigenvalue weighted by atomic mass is 10.0. The molecular formula is C18H23NO4S. The largest absolute Gasteiger partial charge is 0.497 e. The van der Waals surface area contributed by atoms with Crippen LogP contribution in [0.4, 0.5) is 5.69 Å². The summed E-state index contributed by atoms with van der Waals surface area (Å²) in [5.41, 5.74) is 2.56. The van der Waals surface area contributed by atoms with Crippen LogP contribution in [0, 0.1) is 0 Å². The predicted molar refractivity (Wildman–Crippen MR) is 95.6 cm³/mol. The summed E-state index contributed by atoms with van der Waals surface area (Å²) in [5, 5.41) is 0. The molecule has 0 aromatic heterocycles. The SMILES string of the molecule is CCc1cccc(CC)c1NS(=O)(=O)c1cc(OC)ccc1OC. The van der Waals surface area contributed by atoms with Crippen LogP contribution in [0.3, 0.4) is 0 Å². The number of hydrogen-bond acceptors (Lipinski definition) is 4. The van der Waals surface area contributed by atoms with Gasteiger partial charge in [0, 0.05) is 6.07 Å². The van der Waals surface area contributed by atoms with Crippen molar-refractivity contribution in [2.75, 3.05) is 18.9 Å². The predicted octanol–water partition coefficient (Wildman–Crippen LogP) is 3.63. The van der Waals surface area contributed by atoms with Crippen molar-refractivity contribution in [3.63, 3.8) is 0 Å². The van der Waals surface area contributed by atoms with E-state index in [1.807, 2.05) is 32.0 Å². The number of anilines is 1. The fourth-order valence-electron chi connectivity index (χ4n) is 2.56. The van der Waals surface area contributed by atoms with Crippen LogP contribution in [0.5, 0.6) is 11.5 Å². The molecule has 0 aliphatic carbocycles. The van der Waals surface area contributed by atoms with Gasteiger partial charge in [-0.25, -0.2) is 8.42 Å². The van der Waals surface area contributed by atoms with Crippen molar-refractivity contribution >= 4 is 15.7 Å². The summed E-state index contributed by atoms with van der Waals surface area (Å²) in [4.78, 5) is 0.0531. The lowest BCUT2D eigenvalue weighted by Gasteiger charge is -2.17. The normalized spacial score (nSPS) is 11.2. The van der Waals surface area contributed by atoms with E-state index in [0.29, 0.717) is 11.4 Å². The second-order valence-corrected chi connectivity index (χ2v) is 6.93. The van der Waals surface area contributed by atoms with Crippen LogP contribution in [0.25, 0.3) is 0 Å². The van der Waals surface area contributed by atoms with Crippen LogP contribution < -0.4 is 14.2 Å². The number of hydrogen-bond donors (Lipinski definition) is 1. The van der Waals surface area contributed by atoms with Gasteiger partial charge >= 0.3 is 0 Å². The first-order chi connectivity index (χ1) is 11.5. The molecule has 2 aromatic rings. The third-order valence-corrected chi connectivity index (χ3v) is 5.27. The zero-order valence-corrected chi connectivity index (χ0v) is 15.2. The molecule has 0 heterocycles. The standard InChI is InChI=1S/C18H23NO4S/c1-5-13-8-7-9-14(6-2)18(13)19-24(20,21)17-12-15(22-3)10-11-16(17)23-4/h7-12,19H,5-6H2,1-4H3. The molecule has 0 fully saturated rings. The molecule has 0 unspecified atom stereocenters. The monoisotopic (exact) mass is 349 g/mol. The van der Waals surface area contributed by atoms with Gasteiger partial charge in [0.2, 0.25) is 0 Å². The maximum Gasteiger partial charge on any atom is 0.265 e. The van der Waals surface area contributed by atoms with Gasteiger partial charge in [0.05, 0.1) is 19.9 Å². The average Bonchev–Trinajstić information content (AvgIpc) is 2.60. The van der Waals surface area contributed by atoms with E-state index < -0.39 is 10.0 Å². The fraction of sp³-hybridized carbons (Fsp3) is 0.333. The highest BCUT2D eigenvalue weighted by Gasteiger charge is 2.22. The Hall–Kier alpha value is -2.21. The second kappa shape index (κ2) is 7.57. The van der Waals surface area contributed by atoms with E-state index in [2.05, 4.69) is 4.72 Å². The number of para-hydroxylation sites is 1. The van der Waals surface area contributed by atoms with Gasteiger partial charge in [-0.1, -0.05) is 32.0 Å². The van der Waals surface area contributed by atoms with Crippen LogP contribution >= 0.6 is 0 Å². The molecule has 0 spiro atoms. The van der Waals surface area contributed by atoms with Crippen molar-refractivity contribution in [3.8, 4) is 11.5 Å². The number of rotatable bonds is 7. The van der Waals surface area contributed by atoms with Gasteiger partial charge in [0.15, 0.2) is 0 Å². The molecule has 1 N–H and O–H groups in total. The van der Waals surface area contributed by atoms with Crippen molar-refractivity contribution < 1.29 is 17.9 Å². The molecule has 0 aliphatic heterocycles. The minimum Gasteiger partial charge on any atom is -0.497 e. The van der Waals surface area contributed by atoms with Gasteiger partial charge in [-0.15, -0.1) is 0 Å². The highest BCUT2D eigenvalue weighted by Crippen LogP contribution is 2.31. The Morgan fingerprint density at radius 1 is 0.958 bits per heavy atom. The number of ether oxygens (including phenoxy) is 2. The Labute approximate surface area is 143 Å². The molecule has 0 atom stereocenters. The quantitative estimate of drug-likeness (QED) is 0.829. The van der Waals surface area contributed by atoms with Crippen LogP contribution in [0.15, 0.2) is 41.3 Å². The average molecular weight is 349 g/mol. The van der Waals surface area contributed by atoms with E-state index >= 15 is 0 Å². The molecule has 0 radical (unpaired) electrons. The van der Waals surface area contributed by atoms with Crippen LogP contribution in [0.2, 0.25) is 0 Å². The third kappa shape index (κ3) is 3.64. The smallest absolute Gasteiger partial charge is 0.265 e. The first-order valence-corrected chi connectivity index (χ1v) is 9.30. The van der Waals surface area contributed by atoms with E-state index in [1.54, 1.807) is 12.1 Å². The second-order valence-electron chi connectivity index (χ2n) is 5.28. The number of nitrogens with one attached hydrogen (secondary N) is 1. The molecule has 130 valence electrons. The van der Waals surface area contributed by atoms with Crippen LogP contribution in [-0.4, -0.2) is 22.6 Å². The van der Waals surface area contributed by atoms with Crippen molar-refractivity contribution in [2.24, 2.45) is 0 Å². The lowest BCUT2D eigenvalue weighted by molar-refractivity contribution is 0.392. The maximum absolute atomic E-state index is 12.9. The van der Waals surface area contributed by atoms with Crippen molar-refractivity contribution in [3.05, 3.63) is 47.5 Å². The minimum atomic E-state index is -3.81. The van der Waals surface area contributed by atoms with Gasteiger partial charge in [0.25, 0.3) is 10.0 Å². The summed E-state index contributed by atoms with van der Waals surface area (Å²) in [5.74, 6) is 0.728. The van der Waals surface area contributed by atoms with E-state index in [-0.39, 0.29) is 10.6 Å². The highest BCUT2D eigenvalue weighted by atomic mass is 32.2. The summed E-state index contributed by atoms with van der Waals surface area (Å²) in [6.07, 6.45) is 1.47. The Morgan fingerprint density at radius 2 is 1.58 bits per heavy atom. The van der Waals surface area contributed by atoms with E-state index in [1.165, 1.54) is 20.3 Å². The highest BCUT2D eigenvalue weighted by molar-refractivity contribution is 7.92. The summed E-state index contributed by atoms with van der Waals surface area (Å²) in [7, 11) is -0.873. The summed E-state index contributed by atoms with van der Waals surface area (Å²) in [6.45, 7) is 4.00. The third-order valence-electron chi connectivity index (χ3n) is 3.90. The molecule has 0 aliphatic rings. The Kier molecular flexibility index (Phi) is 5.72. The zero-order chi connectivity index (χ0) is 17.7. The summed E-state index contributed by atoms with van der Waals surface area (Å²) < 4.78 is 39.0. The molecular weight excluding hydrogens is 326 g/mol. The number of sulfonamides is 1. The molecule has 5 nitrogen and oxygen atoms in total. The lowest BCUT2D eigenvalue weighted by Crippen LogP contribution is -2.16. The van der Waals surface area contributed by atoms with Crippen molar-refractivity contribution in [1.82, 2.24) is 0 Å². The number of methoxy groups -OCH3 is 2. The molecule has 0 bridgehead atoms. The maximum atomic E-state index is 12.9. The fourth-order valence-corrected chi connectivity index (χ4v) is 3.89. The minimum absolute atomic E-state index is 0.0531. The van der Waals surface area contributed by atoms with E-state index in [9.17, 15) is 8.42 Å². The molecule has 0 saturated carbocycles.